The van der Waals surface area contributed by atoms with Crippen molar-refractivity contribution in [3.8, 4) is 0 Å². The van der Waals surface area contributed by atoms with Crippen LogP contribution in [0.3, 0.4) is 0 Å². The lowest BCUT2D eigenvalue weighted by atomic mass is 10.0. The highest BCUT2D eigenvalue weighted by atomic mass is 35.5. The molecule has 0 spiro atoms. The summed E-state index contributed by atoms with van der Waals surface area (Å²) in [6.07, 6.45) is 0.492. The molecule has 1 aromatic carbocycles. The minimum absolute atomic E-state index is 0.00623. The number of fused-ring (bicyclic) bond motifs is 1. The summed E-state index contributed by atoms with van der Waals surface area (Å²) in [7, 11) is 0. The molecule has 3 nitrogen and oxygen atoms in total. The second-order valence-electron chi connectivity index (χ2n) is 3.58. The van der Waals surface area contributed by atoms with Crippen molar-refractivity contribution in [3.05, 3.63) is 40.3 Å². The standard InChI is InChI=1S/C12H9ClFNO2/c1-2-7-8-4-3-6(14)5-9(8)15-11(13)10(7)12(16)17/h3-5H,2H2,1H3,(H,16,17). The average Bonchev–Trinajstić information content (AvgIpc) is 2.26. The van der Waals surface area contributed by atoms with Crippen LogP contribution in [0.2, 0.25) is 5.15 Å². The largest absolute Gasteiger partial charge is 0.478 e. The van der Waals surface area contributed by atoms with Crippen LogP contribution in [-0.2, 0) is 6.42 Å². The lowest BCUT2D eigenvalue weighted by Crippen LogP contribution is -2.05. The Kier molecular flexibility index (Phi) is 2.98. The Morgan fingerprint density at radius 1 is 1.53 bits per heavy atom. The summed E-state index contributed by atoms with van der Waals surface area (Å²) in [5.41, 5.74) is 0.942. The third-order valence-electron chi connectivity index (χ3n) is 2.58. The highest BCUT2D eigenvalue weighted by molar-refractivity contribution is 6.33. The molecule has 0 fully saturated rings. The molecule has 0 radical (unpaired) electrons. The first-order chi connectivity index (χ1) is 8.04. The van der Waals surface area contributed by atoms with E-state index in [2.05, 4.69) is 4.98 Å². The van der Waals surface area contributed by atoms with E-state index < -0.39 is 11.8 Å². The van der Waals surface area contributed by atoms with Crippen molar-refractivity contribution in [1.82, 2.24) is 4.98 Å². The Labute approximate surface area is 102 Å². The van der Waals surface area contributed by atoms with Gasteiger partial charge in [0.25, 0.3) is 0 Å². The van der Waals surface area contributed by atoms with E-state index in [9.17, 15) is 9.18 Å². The molecule has 88 valence electrons. The molecular weight excluding hydrogens is 245 g/mol. The number of benzene rings is 1. The van der Waals surface area contributed by atoms with Crippen LogP contribution in [0.25, 0.3) is 10.9 Å². The zero-order valence-corrected chi connectivity index (χ0v) is 9.75. The maximum absolute atomic E-state index is 13.1. The van der Waals surface area contributed by atoms with E-state index >= 15 is 0 Å². The van der Waals surface area contributed by atoms with Gasteiger partial charge in [0.1, 0.15) is 16.5 Å². The monoisotopic (exact) mass is 253 g/mol. The first-order valence-corrected chi connectivity index (χ1v) is 5.43. The quantitative estimate of drug-likeness (QED) is 0.836. The number of nitrogens with zero attached hydrogens (tertiary/aromatic N) is 1. The maximum atomic E-state index is 13.1. The molecular formula is C12H9ClFNO2. The van der Waals surface area contributed by atoms with E-state index in [0.29, 0.717) is 22.9 Å². The lowest BCUT2D eigenvalue weighted by Gasteiger charge is -2.09. The molecule has 1 N–H and O–H groups in total. The van der Waals surface area contributed by atoms with Crippen molar-refractivity contribution in [1.29, 1.82) is 0 Å². The number of pyridine rings is 1. The number of aryl methyl sites for hydroxylation is 1. The summed E-state index contributed by atoms with van der Waals surface area (Å²) in [5, 5.41) is 9.61. The first kappa shape index (κ1) is 11.8. The van der Waals surface area contributed by atoms with Crippen LogP contribution in [0.5, 0.6) is 0 Å². The van der Waals surface area contributed by atoms with Gasteiger partial charge in [-0.25, -0.2) is 14.2 Å². The Morgan fingerprint density at radius 2 is 2.24 bits per heavy atom. The predicted molar refractivity (Wildman–Crippen MR) is 63.0 cm³/mol. The Morgan fingerprint density at radius 3 is 2.82 bits per heavy atom. The number of carbonyl (C=O) groups is 1. The zero-order valence-electron chi connectivity index (χ0n) is 9.00. The van der Waals surface area contributed by atoms with Gasteiger partial charge in [-0.05, 0) is 24.1 Å². The molecule has 5 heteroatoms. The molecule has 0 aliphatic rings. The third-order valence-corrected chi connectivity index (χ3v) is 2.85. The van der Waals surface area contributed by atoms with Crippen molar-refractivity contribution in [2.24, 2.45) is 0 Å². The minimum atomic E-state index is -1.12. The van der Waals surface area contributed by atoms with E-state index in [4.69, 9.17) is 16.7 Å². The topological polar surface area (TPSA) is 50.2 Å². The van der Waals surface area contributed by atoms with Gasteiger partial charge in [0.05, 0.1) is 5.52 Å². The van der Waals surface area contributed by atoms with Crippen LogP contribution in [0.15, 0.2) is 18.2 Å². The van der Waals surface area contributed by atoms with Gasteiger partial charge in [0.2, 0.25) is 0 Å². The molecule has 0 unspecified atom stereocenters. The fourth-order valence-corrected chi connectivity index (χ4v) is 2.14. The fraction of sp³-hybridized carbons (Fsp3) is 0.167. The highest BCUT2D eigenvalue weighted by Gasteiger charge is 2.18. The Hall–Kier alpha value is -1.68. The minimum Gasteiger partial charge on any atom is -0.478 e. The smallest absolute Gasteiger partial charge is 0.339 e. The van der Waals surface area contributed by atoms with Gasteiger partial charge < -0.3 is 5.11 Å². The van der Waals surface area contributed by atoms with Crippen LogP contribution in [0, 0.1) is 5.82 Å². The number of aromatic nitrogens is 1. The summed E-state index contributed by atoms with van der Waals surface area (Å²) >= 11 is 5.82. The van der Waals surface area contributed by atoms with Crippen molar-refractivity contribution in [3.63, 3.8) is 0 Å². The number of carboxylic acids is 1. The Balaban J connectivity index is 2.90. The van der Waals surface area contributed by atoms with Crippen LogP contribution in [0.4, 0.5) is 4.39 Å². The molecule has 2 rings (SSSR count). The number of halogens is 2. The van der Waals surface area contributed by atoms with Gasteiger partial charge in [-0.3, -0.25) is 0 Å². The van der Waals surface area contributed by atoms with Gasteiger partial charge in [-0.2, -0.15) is 0 Å². The fourth-order valence-electron chi connectivity index (χ4n) is 1.86. The molecule has 0 saturated heterocycles. The summed E-state index contributed by atoms with van der Waals surface area (Å²) < 4.78 is 13.1. The van der Waals surface area contributed by atoms with Crippen molar-refractivity contribution >= 4 is 28.5 Å². The first-order valence-electron chi connectivity index (χ1n) is 5.05. The lowest BCUT2D eigenvalue weighted by molar-refractivity contribution is 0.0696. The SMILES string of the molecule is CCc1c(C(=O)O)c(Cl)nc2cc(F)ccc12. The van der Waals surface area contributed by atoms with Crippen molar-refractivity contribution < 1.29 is 14.3 Å². The molecule has 17 heavy (non-hydrogen) atoms. The van der Waals surface area contributed by atoms with Crippen LogP contribution < -0.4 is 0 Å². The molecule has 0 amide bonds. The van der Waals surface area contributed by atoms with Gasteiger partial charge >= 0.3 is 5.97 Å². The van der Waals surface area contributed by atoms with Crippen LogP contribution >= 0.6 is 11.6 Å². The molecule has 0 aliphatic carbocycles. The van der Waals surface area contributed by atoms with Gasteiger partial charge in [0, 0.05) is 11.5 Å². The molecule has 0 saturated carbocycles. The van der Waals surface area contributed by atoms with Crippen LogP contribution in [0.1, 0.15) is 22.8 Å². The summed E-state index contributed by atoms with van der Waals surface area (Å²) in [6.45, 7) is 1.82. The maximum Gasteiger partial charge on any atom is 0.339 e. The van der Waals surface area contributed by atoms with Gasteiger partial charge in [0.15, 0.2) is 0 Å². The summed E-state index contributed by atoms with van der Waals surface area (Å²) in [6, 6.07) is 4.05. The Bertz CT molecular complexity index is 613. The molecule has 2 aromatic rings. The van der Waals surface area contributed by atoms with E-state index in [1.807, 2.05) is 6.92 Å². The van der Waals surface area contributed by atoms with E-state index in [-0.39, 0.29) is 10.7 Å². The predicted octanol–water partition coefficient (Wildman–Crippen LogP) is 3.29. The number of hydrogen-bond acceptors (Lipinski definition) is 2. The summed E-state index contributed by atoms with van der Waals surface area (Å²) in [4.78, 5) is 15.0. The number of carboxylic acid groups (broad SMARTS) is 1. The molecule has 0 bridgehead atoms. The average molecular weight is 254 g/mol. The number of rotatable bonds is 2. The second kappa shape index (κ2) is 4.30. The molecule has 1 heterocycles. The van der Waals surface area contributed by atoms with Gasteiger partial charge in [-0.1, -0.05) is 18.5 Å². The third kappa shape index (κ3) is 1.96. The molecule has 1 aromatic heterocycles. The molecule has 0 atom stereocenters. The normalized spacial score (nSPS) is 10.8. The zero-order chi connectivity index (χ0) is 12.6. The van der Waals surface area contributed by atoms with Crippen molar-refractivity contribution in [2.45, 2.75) is 13.3 Å². The number of hydrogen-bond donors (Lipinski definition) is 1. The van der Waals surface area contributed by atoms with E-state index in [1.165, 1.54) is 18.2 Å². The summed E-state index contributed by atoms with van der Waals surface area (Å²) in [5.74, 6) is -1.54. The van der Waals surface area contributed by atoms with E-state index in [1.54, 1.807) is 0 Å². The van der Waals surface area contributed by atoms with Gasteiger partial charge in [-0.15, -0.1) is 0 Å². The molecule has 0 aliphatic heterocycles. The second-order valence-corrected chi connectivity index (χ2v) is 3.93. The van der Waals surface area contributed by atoms with E-state index in [0.717, 1.165) is 0 Å². The van der Waals surface area contributed by atoms with Crippen LogP contribution in [-0.4, -0.2) is 16.1 Å². The number of aromatic carboxylic acids is 1. The highest BCUT2D eigenvalue weighted by Crippen LogP contribution is 2.27. The van der Waals surface area contributed by atoms with Crippen molar-refractivity contribution in [2.75, 3.05) is 0 Å².